The number of nitrogens with one attached hydrogen (secondary N) is 1. The summed E-state index contributed by atoms with van der Waals surface area (Å²) in [4.78, 5) is 49.4. The van der Waals surface area contributed by atoms with Crippen LogP contribution in [0.25, 0.3) is 0 Å². The largest absolute Gasteiger partial charge is 0.456 e. The number of imide groups is 1. The molecular weight excluding hydrogens is 441 g/mol. The van der Waals surface area contributed by atoms with Gasteiger partial charge in [-0.3, -0.25) is 24.1 Å². The lowest BCUT2D eigenvalue weighted by Crippen LogP contribution is -2.33. The maximum atomic E-state index is 12.9. The summed E-state index contributed by atoms with van der Waals surface area (Å²) in [6.07, 6.45) is -0.324. The third-order valence-corrected chi connectivity index (χ3v) is 5.39. The molecule has 1 N–H and O–H groups in total. The Labute approximate surface area is 180 Å². The number of amides is 3. The highest BCUT2D eigenvalue weighted by Gasteiger charge is 2.47. The molecule has 0 radical (unpaired) electrons. The predicted molar refractivity (Wildman–Crippen MR) is 103 cm³/mol. The van der Waals surface area contributed by atoms with Gasteiger partial charge in [0.1, 0.15) is 0 Å². The number of rotatable bonds is 6. The van der Waals surface area contributed by atoms with Gasteiger partial charge in [0.05, 0.1) is 28.8 Å². The van der Waals surface area contributed by atoms with Crippen molar-refractivity contribution >= 4 is 41.0 Å². The third-order valence-electron chi connectivity index (χ3n) is 5.06. The first kappa shape index (κ1) is 22.8. The normalized spacial score (nSPS) is 20.6. The minimum Gasteiger partial charge on any atom is -0.456 e. The number of hydrogen-bond acceptors (Lipinski definition) is 5. The highest BCUT2D eigenvalue weighted by atomic mass is 35.5. The molecule has 0 bridgehead atoms. The van der Waals surface area contributed by atoms with E-state index in [4.69, 9.17) is 16.3 Å². The molecule has 1 aromatic carbocycles. The molecule has 2 aliphatic rings. The van der Waals surface area contributed by atoms with E-state index < -0.39 is 47.1 Å². The zero-order valence-corrected chi connectivity index (χ0v) is 16.8. The van der Waals surface area contributed by atoms with E-state index in [1.54, 1.807) is 0 Å². The van der Waals surface area contributed by atoms with Gasteiger partial charge < -0.3 is 10.1 Å². The highest BCUT2D eigenvalue weighted by Crippen LogP contribution is 2.36. The molecule has 0 aromatic heterocycles. The van der Waals surface area contributed by atoms with E-state index in [0.717, 1.165) is 11.0 Å². The number of benzene rings is 1. The van der Waals surface area contributed by atoms with Crippen LogP contribution in [-0.2, 0) is 30.1 Å². The van der Waals surface area contributed by atoms with Gasteiger partial charge in [-0.1, -0.05) is 23.8 Å². The van der Waals surface area contributed by atoms with Gasteiger partial charge in [0.25, 0.3) is 5.91 Å². The van der Waals surface area contributed by atoms with Gasteiger partial charge in [0, 0.05) is 12.2 Å². The Hall–Kier alpha value is -2.88. The van der Waals surface area contributed by atoms with Crippen molar-refractivity contribution in [1.29, 1.82) is 0 Å². The van der Waals surface area contributed by atoms with Crippen LogP contribution in [0.3, 0.4) is 0 Å². The van der Waals surface area contributed by atoms with Crippen molar-refractivity contribution in [3.63, 3.8) is 0 Å². The second kappa shape index (κ2) is 9.09. The van der Waals surface area contributed by atoms with E-state index in [-0.39, 0.29) is 30.5 Å². The van der Waals surface area contributed by atoms with E-state index in [1.165, 1.54) is 6.07 Å². The summed E-state index contributed by atoms with van der Waals surface area (Å²) in [5.41, 5.74) is -1.28. The maximum Gasteiger partial charge on any atom is 0.417 e. The summed E-state index contributed by atoms with van der Waals surface area (Å²) >= 11 is 5.51. The fourth-order valence-corrected chi connectivity index (χ4v) is 3.75. The number of fused-ring (bicyclic) bond motifs is 1. The summed E-state index contributed by atoms with van der Waals surface area (Å²) in [7, 11) is 0. The molecular formula is C20H18ClF3N2O5. The minimum atomic E-state index is -4.69. The molecule has 1 fully saturated rings. The van der Waals surface area contributed by atoms with Crippen LogP contribution < -0.4 is 5.32 Å². The summed E-state index contributed by atoms with van der Waals surface area (Å²) in [5, 5.41) is 1.67. The van der Waals surface area contributed by atoms with Gasteiger partial charge in [0.15, 0.2) is 6.61 Å². The number of allylic oxidation sites excluding steroid dienone is 2. The number of halogens is 4. The van der Waals surface area contributed by atoms with E-state index in [2.05, 4.69) is 5.32 Å². The maximum absolute atomic E-state index is 12.9. The van der Waals surface area contributed by atoms with E-state index in [0.29, 0.717) is 18.9 Å². The molecule has 0 spiro atoms. The summed E-state index contributed by atoms with van der Waals surface area (Å²) in [6, 6.07) is 2.83. The third kappa shape index (κ3) is 5.25. The lowest BCUT2D eigenvalue weighted by molar-refractivity contribution is -0.148. The number of likely N-dealkylation sites (tertiary alicyclic amines) is 1. The molecule has 2 atom stereocenters. The number of carbonyl (C=O) groups excluding carboxylic acids is 4. The molecule has 7 nitrogen and oxygen atoms in total. The lowest BCUT2D eigenvalue weighted by atomic mass is 9.85. The van der Waals surface area contributed by atoms with E-state index >= 15 is 0 Å². The Balaban J connectivity index is 1.46. The topological polar surface area (TPSA) is 92.8 Å². The second-order valence-electron chi connectivity index (χ2n) is 7.14. The van der Waals surface area contributed by atoms with Gasteiger partial charge in [-0.15, -0.1) is 0 Å². The molecule has 1 aliphatic heterocycles. The second-order valence-corrected chi connectivity index (χ2v) is 7.54. The number of ether oxygens (including phenoxy) is 1. The smallest absolute Gasteiger partial charge is 0.417 e. The van der Waals surface area contributed by atoms with Gasteiger partial charge in [-0.25, -0.2) is 0 Å². The average molecular weight is 459 g/mol. The fourth-order valence-electron chi connectivity index (χ4n) is 3.53. The molecule has 1 aliphatic carbocycles. The van der Waals surface area contributed by atoms with Crippen LogP contribution in [0.5, 0.6) is 0 Å². The fraction of sp³-hybridized carbons (Fsp3) is 0.400. The van der Waals surface area contributed by atoms with Crippen LogP contribution in [0.15, 0.2) is 30.4 Å². The van der Waals surface area contributed by atoms with Crippen LogP contribution >= 0.6 is 11.6 Å². The van der Waals surface area contributed by atoms with Crippen molar-refractivity contribution in [2.24, 2.45) is 11.8 Å². The van der Waals surface area contributed by atoms with Crippen LogP contribution in [0, 0.1) is 11.8 Å². The van der Waals surface area contributed by atoms with Crippen molar-refractivity contribution in [1.82, 2.24) is 4.90 Å². The van der Waals surface area contributed by atoms with E-state index in [1.807, 2.05) is 12.2 Å². The van der Waals surface area contributed by atoms with Gasteiger partial charge in [-0.2, -0.15) is 13.2 Å². The van der Waals surface area contributed by atoms with Gasteiger partial charge >= 0.3 is 12.1 Å². The van der Waals surface area contributed by atoms with Crippen LogP contribution in [0.1, 0.15) is 24.8 Å². The van der Waals surface area contributed by atoms with Crippen LogP contribution in [0.4, 0.5) is 18.9 Å². The van der Waals surface area contributed by atoms with Crippen molar-refractivity contribution in [3.05, 3.63) is 40.9 Å². The van der Waals surface area contributed by atoms with Crippen molar-refractivity contribution in [2.75, 3.05) is 18.5 Å². The summed E-state index contributed by atoms with van der Waals surface area (Å²) < 4.78 is 43.4. The summed E-state index contributed by atoms with van der Waals surface area (Å²) in [5.74, 6) is -3.13. The van der Waals surface area contributed by atoms with Crippen molar-refractivity contribution in [3.8, 4) is 0 Å². The van der Waals surface area contributed by atoms with Gasteiger partial charge in [0.2, 0.25) is 11.8 Å². The number of anilines is 1. The Morgan fingerprint density at radius 2 is 1.74 bits per heavy atom. The number of hydrogen-bond donors (Lipinski definition) is 1. The van der Waals surface area contributed by atoms with Crippen molar-refractivity contribution in [2.45, 2.75) is 25.4 Å². The molecule has 0 saturated carbocycles. The standard InChI is InChI=1S/C20H18ClF3N2O5/c21-15-6-5-11(9-14(15)20(22,23)24)25-16(27)10-31-17(28)7-8-26-18(29)12-3-1-2-4-13(12)19(26)30/h1-2,5-6,9,12-13H,3-4,7-8,10H2,(H,25,27)/t12-,13-/m0/s1. The Kier molecular flexibility index (Phi) is 6.68. The first-order valence-corrected chi connectivity index (χ1v) is 9.78. The summed E-state index contributed by atoms with van der Waals surface area (Å²) in [6.45, 7) is -0.892. The monoisotopic (exact) mass is 458 g/mol. The zero-order valence-electron chi connectivity index (χ0n) is 16.1. The predicted octanol–water partition coefficient (Wildman–Crippen LogP) is 3.18. The molecule has 3 amide bonds. The Bertz CT molecular complexity index is 921. The average Bonchev–Trinajstić information content (AvgIpc) is 2.96. The molecule has 1 saturated heterocycles. The molecule has 3 rings (SSSR count). The van der Waals surface area contributed by atoms with Crippen molar-refractivity contribution < 1.29 is 37.1 Å². The highest BCUT2D eigenvalue weighted by molar-refractivity contribution is 6.31. The quantitative estimate of drug-likeness (QED) is 0.401. The van der Waals surface area contributed by atoms with Gasteiger partial charge in [-0.05, 0) is 31.0 Å². The molecule has 1 heterocycles. The number of alkyl halides is 3. The number of carbonyl (C=O) groups is 4. The Morgan fingerprint density at radius 1 is 1.13 bits per heavy atom. The van der Waals surface area contributed by atoms with Crippen LogP contribution in [-0.4, -0.2) is 41.7 Å². The zero-order chi connectivity index (χ0) is 22.8. The molecule has 31 heavy (non-hydrogen) atoms. The van der Waals surface area contributed by atoms with Crippen LogP contribution in [0.2, 0.25) is 5.02 Å². The Morgan fingerprint density at radius 3 is 2.32 bits per heavy atom. The molecule has 11 heteroatoms. The lowest BCUT2D eigenvalue weighted by Gasteiger charge is -2.14. The number of nitrogens with zero attached hydrogens (tertiary/aromatic N) is 1. The molecule has 0 unspecified atom stereocenters. The molecule has 166 valence electrons. The first-order chi connectivity index (χ1) is 14.6. The number of esters is 1. The first-order valence-electron chi connectivity index (χ1n) is 9.40. The SMILES string of the molecule is O=C(COC(=O)CCN1C(=O)[C@H]2CC=CC[C@@H]2C1=O)Nc1ccc(Cl)c(C(F)(F)F)c1. The minimum absolute atomic E-state index is 0.156. The van der Waals surface area contributed by atoms with E-state index in [9.17, 15) is 32.3 Å². The molecule has 1 aromatic rings.